The summed E-state index contributed by atoms with van der Waals surface area (Å²) >= 11 is 0. The largest absolute Gasteiger partial charge is 0.416 e. The number of alkyl halides is 3. The molecule has 194 valence electrons. The fourth-order valence-corrected chi connectivity index (χ4v) is 5.40. The molecule has 1 aliphatic heterocycles. The Morgan fingerprint density at radius 2 is 1.94 bits per heavy atom. The van der Waals surface area contributed by atoms with Gasteiger partial charge in [-0.05, 0) is 43.9 Å². The molecule has 0 radical (unpaired) electrons. The Bertz CT molecular complexity index is 1250. The highest BCUT2D eigenvalue weighted by molar-refractivity contribution is 5.92. The summed E-state index contributed by atoms with van der Waals surface area (Å²) in [7, 11) is 3.53. The van der Waals surface area contributed by atoms with Crippen LogP contribution in [0.4, 0.5) is 19.0 Å². The zero-order valence-electron chi connectivity index (χ0n) is 20.2. The van der Waals surface area contributed by atoms with E-state index in [0.29, 0.717) is 35.6 Å². The molecule has 0 spiro atoms. The van der Waals surface area contributed by atoms with Gasteiger partial charge in [-0.25, -0.2) is 4.98 Å². The quantitative estimate of drug-likeness (QED) is 0.476. The summed E-state index contributed by atoms with van der Waals surface area (Å²) in [5.41, 5.74) is -1.11. The van der Waals surface area contributed by atoms with E-state index in [1.807, 2.05) is 17.8 Å². The molecule has 3 aromatic rings. The first kappa shape index (κ1) is 24.6. The number of hydrogen-bond acceptors (Lipinski definition) is 6. The number of likely N-dealkylation sites (tertiary alicyclic amines) is 1. The highest BCUT2D eigenvalue weighted by Crippen LogP contribution is 2.38. The van der Waals surface area contributed by atoms with Gasteiger partial charge in [0.05, 0.1) is 23.7 Å². The second kappa shape index (κ2) is 9.07. The van der Waals surface area contributed by atoms with Crippen LogP contribution in [-0.2, 0) is 30.7 Å². The van der Waals surface area contributed by atoms with E-state index in [9.17, 15) is 23.1 Å². The molecular formula is C24H30F3N7O2. The van der Waals surface area contributed by atoms with Crippen LogP contribution in [0.25, 0.3) is 10.9 Å². The Kier molecular flexibility index (Phi) is 6.19. The molecular weight excluding hydrogens is 475 g/mol. The number of amides is 1. The lowest BCUT2D eigenvalue weighted by Gasteiger charge is -2.48. The predicted octanol–water partition coefficient (Wildman–Crippen LogP) is 2.37. The van der Waals surface area contributed by atoms with Crippen molar-refractivity contribution < 1.29 is 23.1 Å². The number of fused-ring (bicyclic) bond motifs is 1. The molecule has 2 aliphatic rings. The van der Waals surface area contributed by atoms with Gasteiger partial charge in [-0.2, -0.15) is 18.3 Å². The monoisotopic (exact) mass is 505 g/mol. The molecule has 1 saturated carbocycles. The van der Waals surface area contributed by atoms with Crippen molar-refractivity contribution in [2.45, 2.75) is 49.5 Å². The van der Waals surface area contributed by atoms with Crippen LogP contribution in [-0.4, -0.2) is 67.0 Å². The van der Waals surface area contributed by atoms with E-state index >= 15 is 0 Å². The van der Waals surface area contributed by atoms with Crippen molar-refractivity contribution in [2.24, 2.45) is 14.1 Å². The average Bonchev–Trinajstić information content (AvgIpc) is 3.38. The molecule has 1 aromatic carbocycles. The first-order chi connectivity index (χ1) is 17.0. The molecule has 1 saturated heterocycles. The van der Waals surface area contributed by atoms with Gasteiger partial charge >= 0.3 is 6.18 Å². The molecule has 1 amide bonds. The van der Waals surface area contributed by atoms with Gasteiger partial charge in [0.2, 0.25) is 5.91 Å². The van der Waals surface area contributed by atoms with Crippen LogP contribution in [0.1, 0.15) is 37.1 Å². The number of benzene rings is 1. The number of rotatable bonds is 6. The van der Waals surface area contributed by atoms with Crippen molar-refractivity contribution in [3.05, 3.63) is 42.0 Å². The maximum Gasteiger partial charge on any atom is 0.416 e. The van der Waals surface area contributed by atoms with Gasteiger partial charge in [0.1, 0.15) is 11.4 Å². The van der Waals surface area contributed by atoms with Crippen molar-refractivity contribution in [1.82, 2.24) is 29.5 Å². The number of anilines is 1. The zero-order chi connectivity index (χ0) is 25.7. The number of carbonyl (C=O) groups is 1. The first-order valence-corrected chi connectivity index (χ1v) is 12.0. The number of aliphatic hydroxyl groups is 1. The molecule has 0 unspecified atom stereocenters. The smallest absolute Gasteiger partial charge is 0.382 e. The molecule has 0 atom stereocenters. The lowest BCUT2D eigenvalue weighted by molar-refractivity contribution is -0.137. The van der Waals surface area contributed by atoms with E-state index in [2.05, 4.69) is 25.6 Å². The topological polar surface area (TPSA) is 100 Å². The van der Waals surface area contributed by atoms with Crippen molar-refractivity contribution in [1.29, 1.82) is 0 Å². The van der Waals surface area contributed by atoms with Crippen LogP contribution in [0.3, 0.4) is 0 Å². The molecule has 3 N–H and O–H groups in total. The Labute approximate surface area is 206 Å². The van der Waals surface area contributed by atoms with Crippen molar-refractivity contribution in [3.63, 3.8) is 0 Å². The molecule has 0 bridgehead atoms. The lowest BCUT2D eigenvalue weighted by atomic mass is 9.80. The van der Waals surface area contributed by atoms with Crippen LogP contribution in [0.15, 0.2) is 30.6 Å². The lowest BCUT2D eigenvalue weighted by Crippen LogP contribution is -2.63. The Balaban J connectivity index is 1.10. The van der Waals surface area contributed by atoms with Crippen LogP contribution in [0.2, 0.25) is 0 Å². The van der Waals surface area contributed by atoms with Crippen molar-refractivity contribution in [2.75, 3.05) is 25.0 Å². The number of carbonyl (C=O) groups excluding carboxylic acids is 1. The van der Waals surface area contributed by atoms with Crippen LogP contribution in [0, 0.1) is 0 Å². The Morgan fingerprint density at radius 3 is 2.58 bits per heavy atom. The Hall–Kier alpha value is -3.12. The standard InChI is InChI=1S/C24H30F3N7O2/c1-32-10-9-28-22(32)23(36)7-5-17(6-8-23)34-13-16(14-34)30-20(35)12-29-21-18-11-15(24(25,26)27)3-4-19(18)33(2)31-21/h3-4,9-11,16-17,36H,5-8,12-14H2,1-2H3,(H,29,31)(H,30,35)/t17-,23-. The number of nitrogens with zero attached hydrogens (tertiary/aromatic N) is 5. The summed E-state index contributed by atoms with van der Waals surface area (Å²) in [5.74, 6) is 0.710. The molecule has 12 heteroatoms. The molecule has 3 heterocycles. The number of aromatic nitrogens is 4. The number of imidazole rings is 1. The van der Waals surface area contributed by atoms with E-state index < -0.39 is 17.3 Å². The van der Waals surface area contributed by atoms with Gasteiger partial charge in [0, 0.05) is 51.0 Å². The minimum atomic E-state index is -4.45. The van der Waals surface area contributed by atoms with Gasteiger partial charge in [0.15, 0.2) is 5.82 Å². The number of nitrogens with one attached hydrogen (secondary N) is 2. The summed E-state index contributed by atoms with van der Waals surface area (Å²) in [4.78, 5) is 19.1. The maximum absolute atomic E-state index is 13.1. The van der Waals surface area contributed by atoms with Crippen LogP contribution < -0.4 is 10.6 Å². The molecule has 5 rings (SSSR count). The number of hydrogen-bond donors (Lipinski definition) is 3. The second-order valence-electron chi connectivity index (χ2n) is 9.90. The number of aryl methyl sites for hydroxylation is 2. The predicted molar refractivity (Wildman–Crippen MR) is 127 cm³/mol. The van der Waals surface area contributed by atoms with Gasteiger partial charge in [0.25, 0.3) is 0 Å². The van der Waals surface area contributed by atoms with Gasteiger partial charge < -0.3 is 20.3 Å². The van der Waals surface area contributed by atoms with Gasteiger partial charge in [-0.3, -0.25) is 14.4 Å². The summed E-state index contributed by atoms with van der Waals surface area (Å²) in [5, 5.41) is 21.4. The normalized spacial score (nSPS) is 23.6. The maximum atomic E-state index is 13.1. The van der Waals surface area contributed by atoms with Crippen LogP contribution >= 0.6 is 0 Å². The van der Waals surface area contributed by atoms with E-state index in [0.717, 1.165) is 38.1 Å². The minimum absolute atomic E-state index is 0.0203. The van der Waals surface area contributed by atoms with E-state index in [-0.39, 0.29) is 24.3 Å². The van der Waals surface area contributed by atoms with E-state index in [1.54, 1.807) is 13.2 Å². The van der Waals surface area contributed by atoms with E-state index in [4.69, 9.17) is 0 Å². The molecule has 9 nitrogen and oxygen atoms in total. The third kappa shape index (κ3) is 4.66. The fraction of sp³-hybridized carbons (Fsp3) is 0.542. The summed E-state index contributed by atoms with van der Waals surface area (Å²) < 4.78 is 42.7. The second-order valence-corrected chi connectivity index (χ2v) is 9.90. The Morgan fingerprint density at radius 1 is 1.22 bits per heavy atom. The van der Waals surface area contributed by atoms with E-state index in [1.165, 1.54) is 10.7 Å². The third-order valence-corrected chi connectivity index (χ3v) is 7.41. The third-order valence-electron chi connectivity index (χ3n) is 7.41. The van der Waals surface area contributed by atoms with Crippen LogP contribution in [0.5, 0.6) is 0 Å². The molecule has 2 fully saturated rings. The van der Waals surface area contributed by atoms with Gasteiger partial charge in [-0.1, -0.05) is 0 Å². The fourth-order valence-electron chi connectivity index (χ4n) is 5.40. The first-order valence-electron chi connectivity index (χ1n) is 12.0. The molecule has 1 aliphatic carbocycles. The molecule has 2 aromatic heterocycles. The SMILES string of the molecule is Cn1nc(NCC(=O)NC2CN([C@H]3CC[C@@](O)(c4nccn4C)CC3)C2)c2cc(C(F)(F)F)ccc21. The van der Waals surface area contributed by atoms with Gasteiger partial charge in [-0.15, -0.1) is 0 Å². The zero-order valence-corrected chi connectivity index (χ0v) is 20.2. The van der Waals surface area contributed by atoms with Crippen molar-refractivity contribution >= 4 is 22.6 Å². The minimum Gasteiger partial charge on any atom is -0.382 e. The summed E-state index contributed by atoms with van der Waals surface area (Å²) in [6, 6.07) is 3.83. The molecule has 36 heavy (non-hydrogen) atoms. The highest BCUT2D eigenvalue weighted by Gasteiger charge is 2.42. The number of halogens is 3. The van der Waals surface area contributed by atoms with Crippen molar-refractivity contribution in [3.8, 4) is 0 Å². The highest BCUT2D eigenvalue weighted by atomic mass is 19.4. The average molecular weight is 506 g/mol. The summed E-state index contributed by atoms with van der Waals surface area (Å²) in [6.45, 7) is 1.39. The summed E-state index contributed by atoms with van der Waals surface area (Å²) in [6.07, 6.45) is 2.10.